The Morgan fingerprint density at radius 3 is 2.62 bits per heavy atom. The molecule has 0 aliphatic carbocycles. The summed E-state index contributed by atoms with van der Waals surface area (Å²) < 4.78 is 31.9. The largest absolute Gasteiger partial charge is 0.378 e. The summed E-state index contributed by atoms with van der Waals surface area (Å²) in [5.41, 5.74) is 0.476. The maximum Gasteiger partial charge on any atom is 0.321 e. The van der Waals surface area contributed by atoms with Crippen molar-refractivity contribution in [2.45, 2.75) is 43.1 Å². The Balaban J connectivity index is 1.55. The maximum atomic E-state index is 12.5. The minimum atomic E-state index is -3.53. The number of sulfonamides is 1. The topological polar surface area (TPSA) is 87.7 Å². The fourth-order valence-corrected chi connectivity index (χ4v) is 4.45. The second-order valence-electron chi connectivity index (χ2n) is 6.90. The first-order valence-electron chi connectivity index (χ1n) is 9.21. The smallest absolute Gasteiger partial charge is 0.321 e. The van der Waals surface area contributed by atoms with Gasteiger partial charge >= 0.3 is 6.03 Å². The molecule has 144 valence electrons. The SMILES string of the molecule is CNS(=O)(=O)c1cccc(NC(=O)N2CCC(C3CCCCO3)CC2)c1. The second kappa shape index (κ2) is 8.37. The lowest BCUT2D eigenvalue weighted by molar-refractivity contribution is -0.0345. The van der Waals surface area contributed by atoms with E-state index in [1.807, 2.05) is 0 Å². The standard InChI is InChI=1S/C18H27N3O4S/c1-19-26(23,24)16-6-4-5-15(13-16)20-18(22)21-10-8-14(9-11-21)17-7-2-3-12-25-17/h4-6,13-14,17,19H,2-3,7-12H2,1H3,(H,20,22). The first-order chi connectivity index (χ1) is 12.5. The highest BCUT2D eigenvalue weighted by Crippen LogP contribution is 2.28. The zero-order chi connectivity index (χ0) is 18.6. The van der Waals surface area contributed by atoms with Crippen LogP contribution < -0.4 is 10.0 Å². The van der Waals surface area contributed by atoms with Crippen molar-refractivity contribution in [2.75, 3.05) is 32.1 Å². The number of rotatable bonds is 4. The molecule has 2 fully saturated rings. The average Bonchev–Trinajstić information content (AvgIpc) is 2.69. The van der Waals surface area contributed by atoms with E-state index in [1.165, 1.54) is 25.6 Å². The monoisotopic (exact) mass is 381 g/mol. The van der Waals surface area contributed by atoms with E-state index >= 15 is 0 Å². The molecule has 2 saturated heterocycles. The van der Waals surface area contributed by atoms with Crippen molar-refractivity contribution in [1.29, 1.82) is 0 Å². The summed E-state index contributed by atoms with van der Waals surface area (Å²) in [4.78, 5) is 14.4. The van der Waals surface area contributed by atoms with Crippen LogP contribution in [-0.4, -0.2) is 52.2 Å². The number of piperidine rings is 1. The van der Waals surface area contributed by atoms with E-state index in [2.05, 4.69) is 10.0 Å². The molecular formula is C18H27N3O4S. The Bertz CT molecular complexity index is 724. The number of carbonyl (C=O) groups is 1. The Morgan fingerprint density at radius 2 is 1.96 bits per heavy atom. The summed E-state index contributed by atoms with van der Waals surface area (Å²) >= 11 is 0. The predicted molar refractivity (Wildman–Crippen MR) is 99.6 cm³/mol. The summed E-state index contributed by atoms with van der Waals surface area (Å²) in [5.74, 6) is 0.531. The fraction of sp³-hybridized carbons (Fsp3) is 0.611. The molecule has 26 heavy (non-hydrogen) atoms. The number of anilines is 1. The van der Waals surface area contributed by atoms with Gasteiger partial charge in [-0.1, -0.05) is 6.07 Å². The molecule has 0 bridgehead atoms. The summed E-state index contributed by atoms with van der Waals surface area (Å²) in [6.45, 7) is 2.26. The molecule has 1 unspecified atom stereocenters. The number of likely N-dealkylation sites (tertiary alicyclic amines) is 1. The molecule has 2 N–H and O–H groups in total. The predicted octanol–water partition coefficient (Wildman–Crippen LogP) is 2.41. The Morgan fingerprint density at radius 1 is 1.19 bits per heavy atom. The van der Waals surface area contributed by atoms with Gasteiger partial charge in [-0.25, -0.2) is 17.9 Å². The van der Waals surface area contributed by atoms with Crippen LogP contribution >= 0.6 is 0 Å². The van der Waals surface area contributed by atoms with Gasteiger partial charge in [0.1, 0.15) is 0 Å². The average molecular weight is 381 g/mol. The molecule has 0 aromatic heterocycles. The fourth-order valence-electron chi connectivity index (χ4n) is 3.67. The number of hydrogen-bond acceptors (Lipinski definition) is 4. The molecule has 8 heteroatoms. The number of nitrogens with zero attached hydrogens (tertiary/aromatic N) is 1. The van der Waals surface area contributed by atoms with Crippen molar-refractivity contribution in [3.8, 4) is 0 Å². The summed E-state index contributed by atoms with van der Waals surface area (Å²) in [6.07, 6.45) is 5.76. The van der Waals surface area contributed by atoms with Crippen molar-refractivity contribution >= 4 is 21.7 Å². The van der Waals surface area contributed by atoms with E-state index < -0.39 is 10.0 Å². The molecular weight excluding hydrogens is 354 g/mol. The van der Waals surface area contributed by atoms with Crippen LogP contribution in [0.2, 0.25) is 0 Å². The quantitative estimate of drug-likeness (QED) is 0.838. The van der Waals surface area contributed by atoms with Gasteiger partial charge < -0.3 is 15.0 Å². The van der Waals surface area contributed by atoms with E-state index in [-0.39, 0.29) is 10.9 Å². The van der Waals surface area contributed by atoms with Crippen molar-refractivity contribution in [2.24, 2.45) is 5.92 Å². The molecule has 0 spiro atoms. The van der Waals surface area contributed by atoms with Crippen molar-refractivity contribution in [3.05, 3.63) is 24.3 Å². The van der Waals surface area contributed by atoms with Gasteiger partial charge in [0.2, 0.25) is 10.0 Å². The molecule has 1 aromatic rings. The molecule has 3 rings (SSSR count). The van der Waals surface area contributed by atoms with E-state index in [0.717, 1.165) is 32.3 Å². The lowest BCUT2D eigenvalue weighted by Crippen LogP contribution is -2.44. The zero-order valence-corrected chi connectivity index (χ0v) is 15.9. The Hall–Kier alpha value is -1.64. The van der Waals surface area contributed by atoms with Crippen LogP contribution in [0, 0.1) is 5.92 Å². The lowest BCUT2D eigenvalue weighted by atomic mass is 9.87. The molecule has 2 heterocycles. The minimum absolute atomic E-state index is 0.131. The zero-order valence-electron chi connectivity index (χ0n) is 15.1. The third-order valence-corrected chi connectivity index (χ3v) is 6.64. The number of nitrogens with one attached hydrogen (secondary N) is 2. The van der Waals surface area contributed by atoms with E-state index in [0.29, 0.717) is 30.8 Å². The molecule has 2 aliphatic rings. The van der Waals surface area contributed by atoms with Crippen LogP contribution in [0.5, 0.6) is 0 Å². The van der Waals surface area contributed by atoms with Crippen molar-refractivity contribution < 1.29 is 17.9 Å². The molecule has 2 amide bonds. The number of amides is 2. The number of carbonyl (C=O) groups excluding carboxylic acids is 1. The summed E-state index contributed by atoms with van der Waals surface area (Å²) in [5, 5.41) is 2.81. The van der Waals surface area contributed by atoms with Crippen LogP contribution in [0.3, 0.4) is 0 Å². The van der Waals surface area contributed by atoms with Gasteiger partial charge in [0.05, 0.1) is 11.0 Å². The highest BCUT2D eigenvalue weighted by molar-refractivity contribution is 7.89. The van der Waals surface area contributed by atoms with Gasteiger partial charge in [-0.05, 0) is 63.3 Å². The van der Waals surface area contributed by atoms with E-state index in [1.54, 1.807) is 17.0 Å². The summed E-state index contributed by atoms with van der Waals surface area (Å²) in [6, 6.07) is 6.08. The van der Waals surface area contributed by atoms with Gasteiger partial charge in [-0.15, -0.1) is 0 Å². The molecule has 1 atom stereocenters. The molecule has 7 nitrogen and oxygen atoms in total. The highest BCUT2D eigenvalue weighted by atomic mass is 32.2. The summed E-state index contributed by atoms with van der Waals surface area (Å²) in [7, 11) is -2.17. The molecule has 0 radical (unpaired) electrons. The maximum absolute atomic E-state index is 12.5. The first-order valence-corrected chi connectivity index (χ1v) is 10.7. The van der Waals surface area contributed by atoms with Gasteiger partial charge in [-0.2, -0.15) is 0 Å². The molecule has 1 aromatic carbocycles. The van der Waals surface area contributed by atoms with E-state index in [4.69, 9.17) is 4.74 Å². The van der Waals surface area contributed by atoms with Gasteiger partial charge in [0.25, 0.3) is 0 Å². The van der Waals surface area contributed by atoms with Gasteiger partial charge in [0, 0.05) is 25.4 Å². The Labute approximate surface area is 155 Å². The van der Waals surface area contributed by atoms with Crippen LogP contribution in [0.1, 0.15) is 32.1 Å². The molecule has 0 saturated carbocycles. The lowest BCUT2D eigenvalue weighted by Gasteiger charge is -2.37. The van der Waals surface area contributed by atoms with Crippen molar-refractivity contribution in [3.63, 3.8) is 0 Å². The third-order valence-electron chi connectivity index (χ3n) is 5.23. The molecule has 2 aliphatic heterocycles. The number of ether oxygens (including phenoxy) is 1. The second-order valence-corrected chi connectivity index (χ2v) is 8.78. The number of benzene rings is 1. The highest BCUT2D eigenvalue weighted by Gasteiger charge is 2.30. The van der Waals surface area contributed by atoms with Crippen LogP contribution in [-0.2, 0) is 14.8 Å². The normalized spacial score (nSPS) is 22.2. The van der Waals surface area contributed by atoms with E-state index in [9.17, 15) is 13.2 Å². The minimum Gasteiger partial charge on any atom is -0.378 e. The number of urea groups is 1. The van der Waals surface area contributed by atoms with Crippen LogP contribution in [0.4, 0.5) is 10.5 Å². The van der Waals surface area contributed by atoms with Crippen molar-refractivity contribution in [1.82, 2.24) is 9.62 Å². The third kappa shape index (κ3) is 4.55. The number of hydrogen-bond donors (Lipinski definition) is 2. The first kappa shape index (κ1) is 19.1. The Kier molecular flexibility index (Phi) is 6.16. The van der Waals surface area contributed by atoms with Gasteiger partial charge in [0.15, 0.2) is 0 Å². The van der Waals surface area contributed by atoms with Crippen LogP contribution in [0.25, 0.3) is 0 Å². The van der Waals surface area contributed by atoms with Crippen LogP contribution in [0.15, 0.2) is 29.2 Å². The van der Waals surface area contributed by atoms with Gasteiger partial charge in [-0.3, -0.25) is 0 Å².